The van der Waals surface area contributed by atoms with Crippen LogP contribution < -0.4 is 5.32 Å². The number of hydrogen-bond donors (Lipinski definition) is 9. The van der Waals surface area contributed by atoms with Crippen LogP contribution in [0.25, 0.3) is 0 Å². The third-order valence-corrected chi connectivity index (χ3v) is 14.1. The van der Waals surface area contributed by atoms with Gasteiger partial charge in [-0.25, -0.2) is 0 Å². The Morgan fingerprint density at radius 1 is 0.486 bits per heavy atom. The number of aliphatic hydroxyl groups excluding tert-OH is 8. The number of rotatable bonds is 46. The number of hydrogen-bond acceptors (Lipinski definition) is 13. The monoisotopic (exact) mass is 1050 g/mol. The molecule has 0 aromatic heterocycles. The van der Waals surface area contributed by atoms with E-state index >= 15 is 0 Å². The molecule has 0 aromatic rings. The van der Waals surface area contributed by atoms with Crippen molar-refractivity contribution in [1.29, 1.82) is 0 Å². The molecule has 0 radical (unpaired) electrons. The molecule has 2 fully saturated rings. The van der Waals surface area contributed by atoms with Crippen LogP contribution in [-0.2, 0) is 23.7 Å². The zero-order valence-electron chi connectivity index (χ0n) is 46.1. The Hall–Kier alpha value is -2.31. The van der Waals surface area contributed by atoms with Gasteiger partial charge in [0.1, 0.15) is 48.8 Å². The molecule has 74 heavy (non-hydrogen) atoms. The summed E-state index contributed by atoms with van der Waals surface area (Å²) in [6, 6.07) is -0.947. The molecule has 2 heterocycles. The molecular weight excluding hydrogens is 943 g/mol. The maximum absolute atomic E-state index is 13.2. The summed E-state index contributed by atoms with van der Waals surface area (Å²) in [5.41, 5.74) is 0. The smallest absolute Gasteiger partial charge is 0.220 e. The Morgan fingerprint density at radius 3 is 1.46 bits per heavy atom. The van der Waals surface area contributed by atoms with E-state index in [1.807, 2.05) is 6.08 Å². The molecule has 12 unspecified atom stereocenters. The first-order chi connectivity index (χ1) is 36.1. The number of unbranched alkanes of at least 4 members (excludes halogenated alkanes) is 25. The summed E-state index contributed by atoms with van der Waals surface area (Å²) < 4.78 is 22.7. The van der Waals surface area contributed by atoms with Gasteiger partial charge >= 0.3 is 0 Å². The quantitative estimate of drug-likeness (QED) is 0.0205. The molecule has 0 aliphatic carbocycles. The summed E-state index contributed by atoms with van der Waals surface area (Å²) in [6.07, 6.45) is 41.4. The van der Waals surface area contributed by atoms with Crippen molar-refractivity contribution >= 4 is 5.91 Å². The Bertz CT molecular complexity index is 1470. The molecule has 0 spiro atoms. The maximum Gasteiger partial charge on any atom is 0.220 e. The van der Waals surface area contributed by atoms with Gasteiger partial charge in [0.25, 0.3) is 0 Å². The van der Waals surface area contributed by atoms with Crippen molar-refractivity contribution in [3.63, 3.8) is 0 Å². The first kappa shape index (κ1) is 67.8. The van der Waals surface area contributed by atoms with Gasteiger partial charge in [-0.2, -0.15) is 0 Å². The predicted molar refractivity (Wildman–Crippen MR) is 295 cm³/mol. The van der Waals surface area contributed by atoms with Crippen molar-refractivity contribution < 1.29 is 64.6 Å². The van der Waals surface area contributed by atoms with Crippen LogP contribution in [0, 0.1) is 0 Å². The average Bonchev–Trinajstić information content (AvgIpc) is 3.40. The molecule has 14 nitrogen and oxygen atoms in total. The van der Waals surface area contributed by atoms with Crippen LogP contribution in [0.3, 0.4) is 0 Å². The van der Waals surface area contributed by atoms with E-state index in [1.165, 1.54) is 109 Å². The van der Waals surface area contributed by atoms with Crippen molar-refractivity contribution in [3.8, 4) is 0 Å². The zero-order valence-corrected chi connectivity index (χ0v) is 46.1. The highest BCUT2D eigenvalue weighted by Crippen LogP contribution is 2.30. The lowest BCUT2D eigenvalue weighted by Crippen LogP contribution is -2.65. The molecule has 14 heteroatoms. The molecule has 9 N–H and O–H groups in total. The lowest BCUT2D eigenvalue weighted by Gasteiger charge is -2.46. The minimum absolute atomic E-state index is 0.251. The number of carbonyl (C=O) groups is 1. The normalized spacial score (nSPS) is 25.6. The van der Waals surface area contributed by atoms with Crippen molar-refractivity contribution in [2.24, 2.45) is 0 Å². The van der Waals surface area contributed by atoms with Crippen molar-refractivity contribution in [3.05, 3.63) is 60.8 Å². The van der Waals surface area contributed by atoms with E-state index in [-0.39, 0.29) is 18.9 Å². The summed E-state index contributed by atoms with van der Waals surface area (Å²) >= 11 is 0. The second-order valence-electron chi connectivity index (χ2n) is 20.7. The topological polar surface area (TPSA) is 228 Å². The molecule has 2 aliphatic rings. The molecule has 2 aliphatic heterocycles. The van der Waals surface area contributed by atoms with E-state index in [4.69, 9.17) is 18.9 Å². The lowest BCUT2D eigenvalue weighted by atomic mass is 9.97. The molecular formula is C60H107NO13. The highest BCUT2D eigenvalue weighted by molar-refractivity contribution is 5.76. The number of allylic oxidation sites excluding steroid dienone is 9. The molecule has 0 saturated carbocycles. The molecule has 2 rings (SSSR count). The fourth-order valence-corrected chi connectivity index (χ4v) is 9.36. The van der Waals surface area contributed by atoms with E-state index in [2.05, 4.69) is 67.8 Å². The van der Waals surface area contributed by atoms with Crippen LogP contribution in [0.5, 0.6) is 0 Å². The Labute approximate surface area is 447 Å². The summed E-state index contributed by atoms with van der Waals surface area (Å²) in [5, 5.41) is 86.9. The average molecular weight is 1050 g/mol. The second-order valence-corrected chi connectivity index (χ2v) is 20.7. The SMILES string of the molecule is CCC/C=C\C/C=C\CCCCCCCC(=O)NC(COC1OC(CO)C(OC2OC(CO)C(O)C(O)C2O)C(O)C1O)C(O)/C=C/CC/C=C/CC/C=C/CCCCCCCCCCCCCCCCCCC. The third-order valence-electron chi connectivity index (χ3n) is 14.1. The van der Waals surface area contributed by atoms with Gasteiger partial charge in [0, 0.05) is 6.42 Å². The summed E-state index contributed by atoms with van der Waals surface area (Å²) in [6.45, 7) is 2.69. The minimum Gasteiger partial charge on any atom is -0.394 e. The minimum atomic E-state index is -1.80. The standard InChI is InChI=1S/C60H107NO13/c1-3-5-7-9-11-13-15-17-18-19-20-21-22-23-24-25-26-27-28-29-30-32-33-35-37-39-41-43-49(64)48(61-52(65)44-42-40-38-36-34-31-16-14-12-10-8-6-4-2)47-71-59-57(70)55(68)58(51(46-63)73-59)74-60-56(69)54(67)53(66)50(45-62)72-60/h8,10,14,16,28-29,33,35,41,43,48-51,53-60,62-64,66-70H,3-7,9,11-13,15,17-27,30-32,34,36-40,42,44-47H2,1-2H3,(H,61,65)/b10-8-,16-14-,29-28+,35-33+,43-41+. The van der Waals surface area contributed by atoms with Crippen LogP contribution >= 0.6 is 0 Å². The van der Waals surface area contributed by atoms with Crippen molar-refractivity contribution in [1.82, 2.24) is 5.32 Å². The molecule has 0 aromatic carbocycles. The fraction of sp³-hybridized carbons (Fsp3) is 0.817. The van der Waals surface area contributed by atoms with Gasteiger partial charge in [0.05, 0.1) is 32.0 Å². The molecule has 0 bridgehead atoms. The largest absolute Gasteiger partial charge is 0.394 e. The molecule has 12 atom stereocenters. The van der Waals surface area contributed by atoms with E-state index in [0.717, 1.165) is 77.0 Å². The number of amides is 1. The van der Waals surface area contributed by atoms with Crippen LogP contribution in [0.1, 0.15) is 219 Å². The van der Waals surface area contributed by atoms with Gasteiger partial charge in [0.2, 0.25) is 5.91 Å². The number of aliphatic hydroxyl groups is 8. The second kappa shape index (κ2) is 45.7. The predicted octanol–water partition coefficient (Wildman–Crippen LogP) is 9.78. The zero-order chi connectivity index (χ0) is 53.9. The van der Waals surface area contributed by atoms with Crippen LogP contribution in [0.2, 0.25) is 0 Å². The first-order valence-corrected chi connectivity index (χ1v) is 29.5. The Balaban J connectivity index is 1.76. The van der Waals surface area contributed by atoms with Crippen LogP contribution in [0.15, 0.2) is 60.8 Å². The van der Waals surface area contributed by atoms with Gasteiger partial charge in [-0.15, -0.1) is 0 Å². The van der Waals surface area contributed by atoms with Crippen molar-refractivity contribution in [2.75, 3.05) is 19.8 Å². The Morgan fingerprint density at radius 2 is 0.932 bits per heavy atom. The molecule has 1 amide bonds. The van der Waals surface area contributed by atoms with Crippen molar-refractivity contribution in [2.45, 2.75) is 293 Å². The highest BCUT2D eigenvalue weighted by Gasteiger charge is 2.51. The third kappa shape index (κ3) is 31.2. The van der Waals surface area contributed by atoms with E-state index in [9.17, 15) is 45.6 Å². The Kier molecular flexibility index (Phi) is 41.9. The van der Waals surface area contributed by atoms with Gasteiger partial charge in [-0.3, -0.25) is 4.79 Å². The summed E-state index contributed by atoms with van der Waals surface area (Å²) in [4.78, 5) is 13.2. The number of carbonyl (C=O) groups excluding carboxylic acids is 1. The van der Waals surface area contributed by atoms with E-state index in [0.29, 0.717) is 12.8 Å². The molecule has 430 valence electrons. The van der Waals surface area contributed by atoms with Gasteiger partial charge in [-0.05, 0) is 70.6 Å². The number of ether oxygens (including phenoxy) is 4. The first-order valence-electron chi connectivity index (χ1n) is 29.5. The van der Waals surface area contributed by atoms with Crippen LogP contribution in [-0.4, -0.2) is 140 Å². The summed E-state index contributed by atoms with van der Waals surface area (Å²) in [5.74, 6) is -0.270. The maximum atomic E-state index is 13.2. The van der Waals surface area contributed by atoms with Gasteiger partial charge < -0.3 is 65.1 Å². The highest BCUT2D eigenvalue weighted by atomic mass is 16.7. The number of nitrogens with one attached hydrogen (secondary N) is 1. The van der Waals surface area contributed by atoms with E-state index in [1.54, 1.807) is 6.08 Å². The van der Waals surface area contributed by atoms with Gasteiger partial charge in [-0.1, -0.05) is 203 Å². The summed E-state index contributed by atoms with van der Waals surface area (Å²) in [7, 11) is 0. The fourth-order valence-electron chi connectivity index (χ4n) is 9.36. The molecule has 2 saturated heterocycles. The van der Waals surface area contributed by atoms with Gasteiger partial charge in [0.15, 0.2) is 12.6 Å². The lowest BCUT2D eigenvalue weighted by molar-refractivity contribution is -0.359. The van der Waals surface area contributed by atoms with E-state index < -0.39 is 86.8 Å². The van der Waals surface area contributed by atoms with Crippen LogP contribution in [0.4, 0.5) is 0 Å².